The highest BCUT2D eigenvalue weighted by molar-refractivity contribution is 5.83. The van der Waals surface area contributed by atoms with Gasteiger partial charge in [0.15, 0.2) is 5.96 Å². The molecule has 1 aromatic heterocycles. The normalized spacial score (nSPS) is 14.4. The summed E-state index contributed by atoms with van der Waals surface area (Å²) >= 11 is 0. The minimum atomic E-state index is 0.344. The van der Waals surface area contributed by atoms with Crippen LogP contribution in [0.25, 0.3) is 22.4 Å². The molecule has 1 fully saturated rings. The van der Waals surface area contributed by atoms with Gasteiger partial charge in [0.2, 0.25) is 0 Å². The van der Waals surface area contributed by atoms with Crippen LogP contribution in [0.1, 0.15) is 18.4 Å². The molecule has 0 amide bonds. The lowest BCUT2D eigenvalue weighted by Crippen LogP contribution is -2.43. The monoisotopic (exact) mass is 507 g/mol. The summed E-state index contributed by atoms with van der Waals surface area (Å²) in [5.41, 5.74) is 11.5. The number of piperidine rings is 1. The molecular weight excluding hydrogens is 474 g/mol. The predicted octanol–water partition coefficient (Wildman–Crippen LogP) is 5.73. The summed E-state index contributed by atoms with van der Waals surface area (Å²) in [6.45, 7) is 1.75. The quantitative estimate of drug-likeness (QED) is 0.254. The number of hydrogen-bond donors (Lipinski definition) is 1. The van der Waals surface area contributed by atoms with Gasteiger partial charge in [0.05, 0.1) is 19.9 Å². The van der Waals surface area contributed by atoms with E-state index in [2.05, 4.69) is 45.2 Å². The average Bonchev–Trinajstić information content (AvgIpc) is 2.98. The summed E-state index contributed by atoms with van der Waals surface area (Å²) in [6.07, 6.45) is 5.08. The first-order valence-electron chi connectivity index (χ1n) is 12.9. The molecule has 0 saturated carbocycles. The van der Waals surface area contributed by atoms with Crippen molar-refractivity contribution in [3.8, 4) is 33.9 Å². The Bertz CT molecular complexity index is 1360. The Balaban J connectivity index is 1.37. The van der Waals surface area contributed by atoms with E-state index >= 15 is 0 Å². The number of likely N-dealkylation sites (tertiary alicyclic amines) is 1. The van der Waals surface area contributed by atoms with Gasteiger partial charge < -0.3 is 20.1 Å². The van der Waals surface area contributed by atoms with Crippen LogP contribution in [0.3, 0.4) is 0 Å². The molecule has 0 radical (unpaired) electrons. The van der Waals surface area contributed by atoms with Gasteiger partial charge in [-0.3, -0.25) is 0 Å². The van der Waals surface area contributed by atoms with Crippen LogP contribution < -0.4 is 15.2 Å². The lowest BCUT2D eigenvalue weighted by molar-refractivity contribution is 0.263. The van der Waals surface area contributed by atoms with Crippen LogP contribution in [0.2, 0.25) is 0 Å². The smallest absolute Gasteiger partial charge is 0.253 e. The molecule has 3 aromatic carbocycles. The van der Waals surface area contributed by atoms with Gasteiger partial charge in [0.1, 0.15) is 11.5 Å². The van der Waals surface area contributed by atoms with Crippen molar-refractivity contribution in [2.24, 2.45) is 16.6 Å². The maximum Gasteiger partial charge on any atom is 0.253 e. The zero-order valence-electron chi connectivity index (χ0n) is 21.9. The van der Waals surface area contributed by atoms with Gasteiger partial charge in [0.25, 0.3) is 5.95 Å². The van der Waals surface area contributed by atoms with Gasteiger partial charge in [-0.15, -0.1) is 0 Å². The van der Waals surface area contributed by atoms with E-state index in [0.717, 1.165) is 66.2 Å². The highest BCUT2D eigenvalue weighted by Crippen LogP contribution is 2.33. The Morgan fingerprint density at radius 2 is 1.47 bits per heavy atom. The van der Waals surface area contributed by atoms with Crippen molar-refractivity contribution in [3.63, 3.8) is 0 Å². The molecular formula is C31H33N5O2. The number of methoxy groups -OCH3 is 2. The SMILES string of the molecule is COc1ccc(-c2cnc(/N=C(\N)N3CCC(Cc4ccccc4)CC3)nc2-c2ccc(OC)cc2)cc1. The van der Waals surface area contributed by atoms with E-state index < -0.39 is 0 Å². The van der Waals surface area contributed by atoms with Crippen LogP contribution in [0.15, 0.2) is 90.1 Å². The van der Waals surface area contributed by atoms with E-state index in [-0.39, 0.29) is 0 Å². The van der Waals surface area contributed by atoms with Crippen molar-refractivity contribution in [1.82, 2.24) is 14.9 Å². The molecule has 38 heavy (non-hydrogen) atoms. The second-order valence-electron chi connectivity index (χ2n) is 9.48. The number of nitrogens with zero attached hydrogens (tertiary/aromatic N) is 4. The Hall–Kier alpha value is -4.39. The fourth-order valence-electron chi connectivity index (χ4n) is 4.86. The van der Waals surface area contributed by atoms with Gasteiger partial charge in [-0.05, 0) is 72.7 Å². The number of guanidine groups is 1. The molecule has 194 valence electrons. The van der Waals surface area contributed by atoms with E-state index in [9.17, 15) is 0 Å². The fourth-order valence-corrected chi connectivity index (χ4v) is 4.86. The zero-order chi connectivity index (χ0) is 26.3. The highest BCUT2D eigenvalue weighted by Gasteiger charge is 2.21. The second-order valence-corrected chi connectivity index (χ2v) is 9.48. The van der Waals surface area contributed by atoms with Crippen molar-refractivity contribution in [3.05, 3.63) is 90.6 Å². The van der Waals surface area contributed by atoms with Crippen LogP contribution in [-0.2, 0) is 6.42 Å². The number of nitrogens with two attached hydrogens (primary N) is 1. The summed E-state index contributed by atoms with van der Waals surface area (Å²) in [7, 11) is 3.31. The van der Waals surface area contributed by atoms with Crippen LogP contribution in [0.4, 0.5) is 5.95 Å². The maximum atomic E-state index is 6.45. The molecule has 0 atom stereocenters. The number of benzene rings is 3. The summed E-state index contributed by atoms with van der Waals surface area (Å²) < 4.78 is 10.7. The van der Waals surface area contributed by atoms with Crippen molar-refractivity contribution < 1.29 is 9.47 Å². The molecule has 5 rings (SSSR count). The number of ether oxygens (including phenoxy) is 2. The minimum absolute atomic E-state index is 0.344. The first-order chi connectivity index (χ1) is 18.6. The number of hydrogen-bond acceptors (Lipinski definition) is 5. The minimum Gasteiger partial charge on any atom is -0.497 e. The first kappa shape index (κ1) is 25.3. The molecule has 1 aliphatic heterocycles. The average molecular weight is 508 g/mol. The molecule has 0 bridgehead atoms. The second kappa shape index (κ2) is 11.8. The third-order valence-corrected chi connectivity index (χ3v) is 7.06. The zero-order valence-corrected chi connectivity index (χ0v) is 21.9. The van der Waals surface area contributed by atoms with E-state index in [4.69, 9.17) is 20.2 Å². The van der Waals surface area contributed by atoms with Crippen LogP contribution in [-0.4, -0.2) is 48.1 Å². The van der Waals surface area contributed by atoms with E-state index in [1.54, 1.807) is 14.2 Å². The Morgan fingerprint density at radius 3 is 2.08 bits per heavy atom. The molecule has 7 heteroatoms. The number of rotatable bonds is 7. The standard InChI is InChI=1S/C31H33N5O2/c1-37-26-12-8-24(9-13-26)28-21-33-31(34-29(28)25-10-14-27(38-2)15-11-25)35-30(32)36-18-16-23(17-19-36)20-22-6-4-3-5-7-22/h3-15,21,23H,16-20H2,1-2H3,(H2,32,33,34,35). The van der Waals surface area contributed by atoms with Crippen LogP contribution >= 0.6 is 0 Å². The van der Waals surface area contributed by atoms with E-state index in [0.29, 0.717) is 17.8 Å². The fraction of sp³-hybridized carbons (Fsp3) is 0.258. The Kier molecular flexibility index (Phi) is 7.83. The predicted molar refractivity (Wildman–Crippen MR) is 152 cm³/mol. The van der Waals surface area contributed by atoms with Crippen molar-refractivity contribution in [1.29, 1.82) is 0 Å². The molecule has 7 nitrogen and oxygen atoms in total. The van der Waals surface area contributed by atoms with Gasteiger partial charge in [-0.2, -0.15) is 4.99 Å². The summed E-state index contributed by atoms with van der Waals surface area (Å²) in [5, 5.41) is 0. The van der Waals surface area contributed by atoms with Gasteiger partial charge in [-0.1, -0.05) is 42.5 Å². The van der Waals surface area contributed by atoms with Crippen molar-refractivity contribution in [2.45, 2.75) is 19.3 Å². The Labute approximate surface area is 224 Å². The lowest BCUT2D eigenvalue weighted by Gasteiger charge is -2.32. The lowest BCUT2D eigenvalue weighted by atomic mass is 9.90. The molecule has 0 unspecified atom stereocenters. The third kappa shape index (κ3) is 5.94. The molecule has 0 aliphatic carbocycles. The largest absolute Gasteiger partial charge is 0.497 e. The van der Waals surface area contributed by atoms with E-state index in [1.807, 2.05) is 54.7 Å². The van der Waals surface area contributed by atoms with Gasteiger partial charge in [0, 0.05) is 30.4 Å². The Morgan fingerprint density at radius 1 is 0.868 bits per heavy atom. The molecule has 2 heterocycles. The molecule has 0 spiro atoms. The summed E-state index contributed by atoms with van der Waals surface area (Å²) in [5.74, 6) is 3.04. The summed E-state index contributed by atoms with van der Waals surface area (Å²) in [6, 6.07) is 26.4. The van der Waals surface area contributed by atoms with Crippen molar-refractivity contribution in [2.75, 3.05) is 27.3 Å². The topological polar surface area (TPSA) is 85.9 Å². The third-order valence-electron chi connectivity index (χ3n) is 7.06. The molecule has 2 N–H and O–H groups in total. The summed E-state index contributed by atoms with van der Waals surface area (Å²) in [4.78, 5) is 16.2. The number of aliphatic imine (C=N–C) groups is 1. The van der Waals surface area contributed by atoms with Gasteiger partial charge in [-0.25, -0.2) is 9.97 Å². The first-order valence-corrected chi connectivity index (χ1v) is 12.9. The van der Waals surface area contributed by atoms with Crippen LogP contribution in [0.5, 0.6) is 11.5 Å². The van der Waals surface area contributed by atoms with Crippen molar-refractivity contribution >= 4 is 11.9 Å². The highest BCUT2D eigenvalue weighted by atomic mass is 16.5. The molecule has 1 saturated heterocycles. The molecule has 1 aliphatic rings. The van der Waals surface area contributed by atoms with Gasteiger partial charge >= 0.3 is 0 Å². The molecule has 4 aromatic rings. The van der Waals surface area contributed by atoms with E-state index in [1.165, 1.54) is 5.56 Å². The number of aromatic nitrogens is 2. The van der Waals surface area contributed by atoms with Crippen LogP contribution in [0, 0.1) is 5.92 Å². The maximum absolute atomic E-state index is 6.45.